The van der Waals surface area contributed by atoms with Gasteiger partial charge < -0.3 is 10.1 Å². The summed E-state index contributed by atoms with van der Waals surface area (Å²) in [5.41, 5.74) is 1.43. The molecule has 2 aromatic carbocycles. The second-order valence-corrected chi connectivity index (χ2v) is 7.41. The van der Waals surface area contributed by atoms with Crippen molar-refractivity contribution in [2.75, 3.05) is 11.9 Å². The van der Waals surface area contributed by atoms with Gasteiger partial charge in [0.05, 0.1) is 12.0 Å². The molecule has 2 aromatic rings. The predicted molar refractivity (Wildman–Crippen MR) is 107 cm³/mol. The van der Waals surface area contributed by atoms with E-state index in [0.29, 0.717) is 25.0 Å². The van der Waals surface area contributed by atoms with Crippen molar-refractivity contribution in [3.8, 4) is 5.75 Å². The molecule has 1 N–H and O–H groups in total. The molecule has 0 heterocycles. The molecule has 0 atom stereocenters. The zero-order valence-corrected chi connectivity index (χ0v) is 16.2. The van der Waals surface area contributed by atoms with Crippen LogP contribution in [0, 0.1) is 12.7 Å². The highest BCUT2D eigenvalue weighted by molar-refractivity contribution is 5.99. The lowest BCUT2D eigenvalue weighted by atomic mass is 9.77. The fourth-order valence-electron chi connectivity index (χ4n) is 3.91. The van der Waals surface area contributed by atoms with Crippen molar-refractivity contribution in [3.05, 3.63) is 59.4 Å². The molecule has 0 unspecified atom stereocenters. The highest BCUT2D eigenvalue weighted by Crippen LogP contribution is 2.43. The van der Waals surface area contributed by atoms with Gasteiger partial charge in [-0.2, -0.15) is 0 Å². The lowest BCUT2D eigenvalue weighted by Gasteiger charge is -2.28. The first-order valence-electron chi connectivity index (χ1n) is 9.87. The number of aryl methyl sites for hydroxylation is 1. The summed E-state index contributed by atoms with van der Waals surface area (Å²) < 4.78 is 20.2. The second kappa shape index (κ2) is 8.55. The third-order valence-electron chi connectivity index (χ3n) is 5.47. The van der Waals surface area contributed by atoms with Crippen molar-refractivity contribution in [1.82, 2.24) is 0 Å². The van der Waals surface area contributed by atoms with Gasteiger partial charge in [-0.05, 0) is 56.0 Å². The van der Waals surface area contributed by atoms with E-state index in [1.54, 1.807) is 18.2 Å². The normalized spacial score (nSPS) is 15.5. The first-order chi connectivity index (χ1) is 13.1. The van der Waals surface area contributed by atoms with Crippen molar-refractivity contribution in [2.45, 2.75) is 57.8 Å². The lowest BCUT2D eigenvalue weighted by molar-refractivity contribution is -0.121. The molecule has 3 rings (SSSR count). The van der Waals surface area contributed by atoms with Crippen LogP contribution < -0.4 is 10.1 Å². The van der Waals surface area contributed by atoms with Crippen molar-refractivity contribution >= 4 is 11.6 Å². The Kier molecular flexibility index (Phi) is 6.15. The van der Waals surface area contributed by atoms with Gasteiger partial charge in [-0.1, -0.05) is 44.4 Å². The summed E-state index contributed by atoms with van der Waals surface area (Å²) in [5, 5.41) is 3.02. The first kappa shape index (κ1) is 19.4. The maximum Gasteiger partial charge on any atom is 0.235 e. The Morgan fingerprint density at radius 2 is 1.93 bits per heavy atom. The number of benzene rings is 2. The number of rotatable bonds is 7. The van der Waals surface area contributed by atoms with Crippen LogP contribution >= 0.6 is 0 Å². The van der Waals surface area contributed by atoms with Gasteiger partial charge >= 0.3 is 0 Å². The summed E-state index contributed by atoms with van der Waals surface area (Å²) >= 11 is 0. The number of carbonyl (C=O) groups excluding carboxylic acids is 1. The number of ether oxygens (including phenoxy) is 1. The van der Waals surface area contributed by atoms with Crippen LogP contribution in [0.2, 0.25) is 0 Å². The Morgan fingerprint density at radius 3 is 2.59 bits per heavy atom. The Balaban J connectivity index is 1.79. The largest absolute Gasteiger partial charge is 0.493 e. The van der Waals surface area contributed by atoms with Crippen LogP contribution in [0.3, 0.4) is 0 Å². The highest BCUT2D eigenvalue weighted by atomic mass is 19.1. The van der Waals surface area contributed by atoms with E-state index in [-0.39, 0.29) is 11.7 Å². The van der Waals surface area contributed by atoms with Gasteiger partial charge in [0.15, 0.2) is 0 Å². The molecular weight excluding hydrogens is 341 g/mol. The summed E-state index contributed by atoms with van der Waals surface area (Å²) in [6.07, 6.45) is 5.33. The average molecular weight is 369 g/mol. The van der Waals surface area contributed by atoms with Crippen molar-refractivity contribution in [3.63, 3.8) is 0 Å². The van der Waals surface area contributed by atoms with Crippen LogP contribution in [-0.4, -0.2) is 12.5 Å². The summed E-state index contributed by atoms with van der Waals surface area (Å²) in [6, 6.07) is 12.3. The minimum atomic E-state index is -0.782. The maximum absolute atomic E-state index is 14.5. The molecule has 1 fully saturated rings. The third-order valence-corrected chi connectivity index (χ3v) is 5.47. The quantitative estimate of drug-likeness (QED) is 0.630. The van der Waals surface area contributed by atoms with E-state index < -0.39 is 5.41 Å². The Hall–Kier alpha value is -2.36. The number of hydrogen-bond acceptors (Lipinski definition) is 2. The second-order valence-electron chi connectivity index (χ2n) is 7.41. The van der Waals surface area contributed by atoms with Gasteiger partial charge in [0.2, 0.25) is 5.91 Å². The molecule has 0 bridgehead atoms. The number of nitrogens with one attached hydrogen (secondary N) is 1. The molecule has 3 nitrogen and oxygen atoms in total. The van der Waals surface area contributed by atoms with Crippen LogP contribution in [-0.2, 0) is 10.2 Å². The Labute approximate surface area is 160 Å². The Bertz CT molecular complexity index is 797. The van der Waals surface area contributed by atoms with Crippen molar-refractivity contribution < 1.29 is 13.9 Å². The monoisotopic (exact) mass is 369 g/mol. The first-order valence-corrected chi connectivity index (χ1v) is 9.87. The number of anilines is 1. The summed E-state index contributed by atoms with van der Waals surface area (Å²) in [4.78, 5) is 13.2. The molecule has 0 spiro atoms. The van der Waals surface area contributed by atoms with Gasteiger partial charge in [0.1, 0.15) is 11.6 Å². The van der Waals surface area contributed by atoms with E-state index in [9.17, 15) is 9.18 Å². The van der Waals surface area contributed by atoms with Crippen LogP contribution in [0.4, 0.5) is 10.1 Å². The topological polar surface area (TPSA) is 38.3 Å². The zero-order valence-electron chi connectivity index (χ0n) is 16.2. The zero-order chi connectivity index (χ0) is 19.3. The molecule has 27 heavy (non-hydrogen) atoms. The van der Waals surface area contributed by atoms with Gasteiger partial charge in [0.25, 0.3) is 0 Å². The molecule has 0 radical (unpaired) electrons. The number of hydrogen-bond donors (Lipinski definition) is 1. The summed E-state index contributed by atoms with van der Waals surface area (Å²) in [6.45, 7) is 4.79. The van der Waals surface area contributed by atoms with E-state index in [4.69, 9.17) is 4.74 Å². The van der Waals surface area contributed by atoms with Crippen LogP contribution in [0.5, 0.6) is 5.75 Å². The molecule has 4 heteroatoms. The van der Waals surface area contributed by atoms with E-state index in [1.807, 2.05) is 25.1 Å². The fourth-order valence-corrected chi connectivity index (χ4v) is 3.91. The molecule has 1 amide bonds. The number of amides is 1. The fraction of sp³-hybridized carbons (Fsp3) is 0.435. The lowest BCUT2D eigenvalue weighted by Crippen LogP contribution is -2.38. The average Bonchev–Trinajstić information content (AvgIpc) is 3.15. The van der Waals surface area contributed by atoms with Crippen molar-refractivity contribution in [2.24, 2.45) is 0 Å². The summed E-state index contributed by atoms with van der Waals surface area (Å²) in [5.74, 6) is 0.417. The minimum Gasteiger partial charge on any atom is -0.493 e. The van der Waals surface area contributed by atoms with Crippen LogP contribution in [0.1, 0.15) is 56.6 Å². The van der Waals surface area contributed by atoms with E-state index in [2.05, 4.69) is 12.2 Å². The smallest absolute Gasteiger partial charge is 0.235 e. The third kappa shape index (κ3) is 4.15. The van der Waals surface area contributed by atoms with Gasteiger partial charge in [-0.15, -0.1) is 0 Å². The maximum atomic E-state index is 14.5. The molecule has 1 aliphatic rings. The predicted octanol–water partition coefficient (Wildman–Crippen LogP) is 5.76. The minimum absolute atomic E-state index is 0.121. The molecule has 1 aliphatic carbocycles. The SMILES string of the molecule is CCCCOc1ccc(NC(=O)C2(c3ccccc3F)CCCC2)cc1C. The molecular formula is C23H28FNO2. The highest BCUT2D eigenvalue weighted by Gasteiger charge is 2.44. The molecule has 0 aliphatic heterocycles. The molecule has 1 saturated carbocycles. The van der Waals surface area contributed by atoms with Crippen LogP contribution in [0.15, 0.2) is 42.5 Å². The van der Waals surface area contributed by atoms with Crippen LogP contribution in [0.25, 0.3) is 0 Å². The standard InChI is InChI=1S/C23H28FNO2/c1-3-4-15-27-21-12-11-18(16-17(21)2)25-22(26)23(13-7-8-14-23)19-9-5-6-10-20(19)24/h5-6,9-12,16H,3-4,7-8,13-15H2,1-2H3,(H,25,26). The molecule has 144 valence electrons. The van der Waals surface area contributed by atoms with E-state index >= 15 is 0 Å². The number of halogens is 1. The van der Waals surface area contributed by atoms with Gasteiger partial charge in [-0.25, -0.2) is 4.39 Å². The molecule has 0 aromatic heterocycles. The number of carbonyl (C=O) groups is 1. The van der Waals surface area contributed by atoms with Gasteiger partial charge in [0, 0.05) is 11.3 Å². The molecule has 0 saturated heterocycles. The Morgan fingerprint density at radius 1 is 1.19 bits per heavy atom. The van der Waals surface area contributed by atoms with E-state index in [1.165, 1.54) is 6.07 Å². The summed E-state index contributed by atoms with van der Waals surface area (Å²) in [7, 11) is 0. The number of unbranched alkanes of at least 4 members (excludes halogenated alkanes) is 1. The van der Waals surface area contributed by atoms with Gasteiger partial charge in [-0.3, -0.25) is 4.79 Å². The van der Waals surface area contributed by atoms with E-state index in [0.717, 1.165) is 42.7 Å². The van der Waals surface area contributed by atoms with Crippen molar-refractivity contribution in [1.29, 1.82) is 0 Å².